The van der Waals surface area contributed by atoms with E-state index in [4.69, 9.17) is 4.74 Å². The van der Waals surface area contributed by atoms with E-state index in [1.54, 1.807) is 31.4 Å². The number of para-hydroxylation sites is 2. The van der Waals surface area contributed by atoms with Gasteiger partial charge in [0.15, 0.2) is 0 Å². The lowest BCUT2D eigenvalue weighted by Gasteiger charge is -2.38. The summed E-state index contributed by atoms with van der Waals surface area (Å²) in [5, 5.41) is 0.882. The third-order valence-corrected chi connectivity index (χ3v) is 8.41. The number of ether oxygens (including phenoxy) is 1. The molecule has 0 N–H and O–H groups in total. The molecule has 1 aliphatic heterocycles. The summed E-state index contributed by atoms with van der Waals surface area (Å²) in [7, 11) is -2.06. The Labute approximate surface area is 206 Å². The van der Waals surface area contributed by atoms with Crippen molar-refractivity contribution in [1.82, 2.24) is 4.98 Å². The second kappa shape index (κ2) is 9.58. The minimum atomic E-state index is -3.74. The van der Waals surface area contributed by atoms with Crippen LogP contribution in [-0.2, 0) is 16.3 Å². The van der Waals surface area contributed by atoms with Crippen molar-refractivity contribution < 1.29 is 13.2 Å². The maximum atomic E-state index is 13.8. The number of methoxy groups -OCH3 is 1. The number of sulfone groups is 1. The fourth-order valence-corrected chi connectivity index (χ4v) is 6.19. The van der Waals surface area contributed by atoms with Crippen molar-refractivity contribution in [1.29, 1.82) is 0 Å². The molecule has 3 aromatic carbocycles. The summed E-state index contributed by atoms with van der Waals surface area (Å²) in [5.74, 6) is 0.843. The number of piperazine rings is 1. The van der Waals surface area contributed by atoms with Crippen LogP contribution in [0, 0.1) is 0 Å². The van der Waals surface area contributed by atoms with Gasteiger partial charge in [-0.2, -0.15) is 0 Å². The minimum Gasteiger partial charge on any atom is -0.495 e. The van der Waals surface area contributed by atoms with Crippen LogP contribution in [0.4, 0.5) is 11.4 Å². The van der Waals surface area contributed by atoms with Gasteiger partial charge in [0.05, 0.1) is 28.9 Å². The maximum Gasteiger partial charge on any atom is 0.210 e. The number of anilines is 2. The first-order chi connectivity index (χ1) is 17.0. The molecule has 6 nitrogen and oxygen atoms in total. The van der Waals surface area contributed by atoms with Gasteiger partial charge in [-0.3, -0.25) is 4.98 Å². The SMILES string of the molecule is CCc1ccc2ncc(S(=O)(=O)c3ccccc3)c(N3CCN(c4ccccc4OC)CC3)c2c1. The van der Waals surface area contributed by atoms with Crippen LogP contribution in [0.3, 0.4) is 0 Å². The molecule has 5 rings (SSSR count). The molecule has 1 aliphatic rings. The van der Waals surface area contributed by atoms with Crippen molar-refractivity contribution in [2.24, 2.45) is 0 Å². The lowest BCUT2D eigenvalue weighted by molar-refractivity contribution is 0.413. The van der Waals surface area contributed by atoms with E-state index < -0.39 is 9.84 Å². The predicted molar refractivity (Wildman–Crippen MR) is 140 cm³/mol. The van der Waals surface area contributed by atoms with Crippen LogP contribution in [0.1, 0.15) is 12.5 Å². The molecule has 0 spiro atoms. The van der Waals surface area contributed by atoms with Gasteiger partial charge in [-0.05, 0) is 48.4 Å². The Balaban J connectivity index is 1.59. The number of aryl methyl sites for hydroxylation is 1. The van der Waals surface area contributed by atoms with E-state index >= 15 is 0 Å². The van der Waals surface area contributed by atoms with E-state index in [2.05, 4.69) is 39.9 Å². The molecular formula is C28H29N3O3S. The number of hydrogen-bond acceptors (Lipinski definition) is 6. The average Bonchev–Trinajstić information content (AvgIpc) is 2.92. The zero-order valence-corrected chi connectivity index (χ0v) is 20.8. The zero-order valence-electron chi connectivity index (χ0n) is 20.0. The van der Waals surface area contributed by atoms with Crippen LogP contribution in [0.25, 0.3) is 10.9 Å². The molecule has 35 heavy (non-hydrogen) atoms. The normalized spacial score (nSPS) is 14.3. The average molecular weight is 488 g/mol. The summed E-state index contributed by atoms with van der Waals surface area (Å²) in [6.07, 6.45) is 2.39. The Kier molecular flexibility index (Phi) is 6.34. The van der Waals surface area contributed by atoms with Gasteiger partial charge >= 0.3 is 0 Å². The zero-order chi connectivity index (χ0) is 24.4. The van der Waals surface area contributed by atoms with Gasteiger partial charge in [-0.1, -0.05) is 43.3 Å². The summed E-state index contributed by atoms with van der Waals surface area (Å²) in [6.45, 7) is 4.98. The quantitative estimate of drug-likeness (QED) is 0.383. The number of rotatable bonds is 6. The molecular weight excluding hydrogens is 458 g/mol. The summed E-state index contributed by atoms with van der Waals surface area (Å²) < 4.78 is 33.1. The Morgan fingerprint density at radius 2 is 1.57 bits per heavy atom. The molecule has 180 valence electrons. The molecule has 7 heteroatoms. The second-order valence-electron chi connectivity index (χ2n) is 8.64. The van der Waals surface area contributed by atoms with Gasteiger partial charge in [0.1, 0.15) is 10.6 Å². The van der Waals surface area contributed by atoms with Crippen LogP contribution in [0.15, 0.2) is 88.8 Å². The van der Waals surface area contributed by atoms with Crippen molar-refractivity contribution in [2.75, 3.05) is 43.1 Å². The number of benzene rings is 3. The Bertz CT molecular complexity index is 1450. The highest BCUT2D eigenvalue weighted by molar-refractivity contribution is 7.91. The third kappa shape index (κ3) is 4.32. The molecule has 4 aromatic rings. The highest BCUT2D eigenvalue weighted by atomic mass is 32.2. The molecule has 0 aliphatic carbocycles. The number of pyridine rings is 1. The van der Waals surface area contributed by atoms with E-state index in [1.807, 2.05) is 30.3 Å². The van der Waals surface area contributed by atoms with E-state index in [-0.39, 0.29) is 9.79 Å². The van der Waals surface area contributed by atoms with Gasteiger partial charge < -0.3 is 14.5 Å². The summed E-state index contributed by atoms with van der Waals surface area (Å²) >= 11 is 0. The van der Waals surface area contributed by atoms with Crippen LogP contribution in [0.2, 0.25) is 0 Å². The predicted octanol–water partition coefficient (Wildman–Crippen LogP) is 4.97. The highest BCUT2D eigenvalue weighted by Crippen LogP contribution is 2.37. The topological polar surface area (TPSA) is 62.7 Å². The Morgan fingerprint density at radius 1 is 0.886 bits per heavy atom. The van der Waals surface area contributed by atoms with Crippen LogP contribution in [0.5, 0.6) is 5.75 Å². The first-order valence-electron chi connectivity index (χ1n) is 11.9. The standard InChI is InChI=1S/C28H29N3O3S/c1-3-21-13-14-24-23(19-21)28(27(20-29-24)35(32,33)22-9-5-4-6-10-22)31-17-15-30(16-18-31)25-11-7-8-12-26(25)34-2/h4-14,19-20H,3,15-18H2,1-2H3. The molecule has 0 bridgehead atoms. The molecule has 2 heterocycles. The first kappa shape index (κ1) is 23.2. The number of nitrogens with zero attached hydrogens (tertiary/aromatic N) is 3. The summed E-state index contributed by atoms with van der Waals surface area (Å²) in [5.41, 5.74) is 3.76. The second-order valence-corrected chi connectivity index (χ2v) is 10.6. The summed E-state index contributed by atoms with van der Waals surface area (Å²) in [6, 6.07) is 22.8. The smallest absolute Gasteiger partial charge is 0.210 e. The molecule has 0 saturated carbocycles. The van der Waals surface area contributed by atoms with Gasteiger partial charge in [0.2, 0.25) is 9.84 Å². The lowest BCUT2D eigenvalue weighted by atomic mass is 10.1. The van der Waals surface area contributed by atoms with Crippen molar-refractivity contribution in [3.8, 4) is 5.75 Å². The van der Waals surface area contributed by atoms with Crippen LogP contribution in [-0.4, -0.2) is 46.7 Å². The van der Waals surface area contributed by atoms with Crippen LogP contribution >= 0.6 is 0 Å². The minimum absolute atomic E-state index is 0.259. The third-order valence-electron chi connectivity index (χ3n) is 6.64. The Hall–Kier alpha value is -3.58. The molecule has 1 aromatic heterocycles. The number of aromatic nitrogens is 1. The molecule has 0 unspecified atom stereocenters. The molecule has 0 radical (unpaired) electrons. The maximum absolute atomic E-state index is 13.8. The molecule has 1 saturated heterocycles. The monoisotopic (exact) mass is 487 g/mol. The van der Waals surface area contributed by atoms with Crippen molar-refractivity contribution >= 4 is 32.1 Å². The van der Waals surface area contributed by atoms with Crippen molar-refractivity contribution in [3.63, 3.8) is 0 Å². The lowest BCUT2D eigenvalue weighted by Crippen LogP contribution is -2.47. The van der Waals surface area contributed by atoms with E-state index in [0.717, 1.165) is 53.1 Å². The van der Waals surface area contributed by atoms with Gasteiger partial charge in [0, 0.05) is 37.8 Å². The molecule has 1 fully saturated rings. The van der Waals surface area contributed by atoms with Gasteiger partial charge in [-0.15, -0.1) is 0 Å². The van der Waals surface area contributed by atoms with E-state index in [1.165, 1.54) is 6.20 Å². The van der Waals surface area contributed by atoms with E-state index in [9.17, 15) is 8.42 Å². The molecule has 0 amide bonds. The fraction of sp³-hybridized carbons (Fsp3) is 0.250. The summed E-state index contributed by atoms with van der Waals surface area (Å²) in [4.78, 5) is 9.59. The van der Waals surface area contributed by atoms with Crippen molar-refractivity contribution in [2.45, 2.75) is 23.1 Å². The van der Waals surface area contributed by atoms with Gasteiger partial charge in [-0.25, -0.2) is 8.42 Å². The highest BCUT2D eigenvalue weighted by Gasteiger charge is 2.29. The van der Waals surface area contributed by atoms with Gasteiger partial charge in [0.25, 0.3) is 0 Å². The Morgan fingerprint density at radius 3 is 2.29 bits per heavy atom. The molecule has 0 atom stereocenters. The van der Waals surface area contributed by atoms with Crippen LogP contribution < -0.4 is 14.5 Å². The van der Waals surface area contributed by atoms with Crippen molar-refractivity contribution in [3.05, 3.63) is 84.6 Å². The first-order valence-corrected chi connectivity index (χ1v) is 13.4. The largest absolute Gasteiger partial charge is 0.495 e. The number of fused-ring (bicyclic) bond motifs is 1. The fourth-order valence-electron chi connectivity index (χ4n) is 4.74. The number of hydrogen-bond donors (Lipinski definition) is 0. The van der Waals surface area contributed by atoms with E-state index in [0.29, 0.717) is 13.1 Å².